The highest BCUT2D eigenvalue weighted by molar-refractivity contribution is 5.92. The molecule has 1 unspecified atom stereocenters. The fourth-order valence-corrected chi connectivity index (χ4v) is 4.31. The van der Waals surface area contributed by atoms with E-state index in [1.54, 1.807) is 6.92 Å². The van der Waals surface area contributed by atoms with E-state index in [4.69, 9.17) is 0 Å². The van der Waals surface area contributed by atoms with Gasteiger partial charge in [-0.25, -0.2) is 0 Å². The van der Waals surface area contributed by atoms with Crippen LogP contribution in [-0.4, -0.2) is 53.4 Å². The van der Waals surface area contributed by atoms with Gasteiger partial charge in [0.05, 0.1) is 0 Å². The van der Waals surface area contributed by atoms with Gasteiger partial charge in [0.25, 0.3) is 5.91 Å². The highest BCUT2D eigenvalue weighted by Crippen LogP contribution is 2.64. The summed E-state index contributed by atoms with van der Waals surface area (Å²) in [6, 6.07) is -1.98. The van der Waals surface area contributed by atoms with E-state index in [9.17, 15) is 40.3 Å². The molecule has 2 fully saturated rings. The summed E-state index contributed by atoms with van der Waals surface area (Å²) < 4.78 is 90.9. The molecule has 29 heavy (non-hydrogen) atoms. The molecule has 1 N–H and O–H groups in total. The van der Waals surface area contributed by atoms with Crippen LogP contribution >= 0.6 is 0 Å². The van der Waals surface area contributed by atoms with Gasteiger partial charge in [0.2, 0.25) is 5.91 Å². The number of alkyl halides is 7. The average molecular weight is 434 g/mol. The molecule has 1 aliphatic heterocycles. The summed E-state index contributed by atoms with van der Waals surface area (Å²) in [6.07, 6.45) is -6.63. The van der Waals surface area contributed by atoms with E-state index in [0.29, 0.717) is 6.54 Å². The summed E-state index contributed by atoms with van der Waals surface area (Å²) >= 11 is 0. The highest BCUT2D eigenvalue weighted by atomic mass is 19.4. The molecular formula is C18H25F7N2O2. The Balaban J connectivity index is 2.24. The SMILES string of the molecule is C[C@@H]1[C@@H]2C(CN1C(=O)[C@@H](NC(=O)C(F)(F)C(F)(F)C(F)(F)F)C(C)(C)C)C2(C)C. The van der Waals surface area contributed by atoms with Gasteiger partial charge in [0, 0.05) is 12.6 Å². The number of likely N-dealkylation sites (tertiary alicyclic amines) is 1. The van der Waals surface area contributed by atoms with Crippen molar-refractivity contribution in [2.24, 2.45) is 22.7 Å². The molecule has 2 aliphatic rings. The third-order valence-electron chi connectivity index (χ3n) is 6.25. The van der Waals surface area contributed by atoms with Crippen LogP contribution in [0.25, 0.3) is 0 Å². The minimum atomic E-state index is -6.63. The molecule has 1 heterocycles. The molecule has 0 aromatic carbocycles. The van der Waals surface area contributed by atoms with Gasteiger partial charge < -0.3 is 10.2 Å². The number of halogens is 7. The molecule has 2 rings (SSSR count). The van der Waals surface area contributed by atoms with Crippen LogP contribution in [0.15, 0.2) is 0 Å². The van der Waals surface area contributed by atoms with Gasteiger partial charge >= 0.3 is 18.0 Å². The van der Waals surface area contributed by atoms with Crippen LogP contribution < -0.4 is 5.32 Å². The van der Waals surface area contributed by atoms with Gasteiger partial charge in [-0.15, -0.1) is 0 Å². The summed E-state index contributed by atoms with van der Waals surface area (Å²) in [4.78, 5) is 26.1. The Morgan fingerprint density at radius 2 is 1.52 bits per heavy atom. The Bertz CT molecular complexity index is 697. The normalized spacial score (nSPS) is 28.0. The summed E-state index contributed by atoms with van der Waals surface area (Å²) in [5.74, 6) is -15.9. The number of fused-ring (bicyclic) bond motifs is 1. The van der Waals surface area contributed by atoms with Crippen LogP contribution in [0, 0.1) is 22.7 Å². The minimum Gasteiger partial charge on any atom is -0.338 e. The number of hydrogen-bond donors (Lipinski definition) is 1. The van der Waals surface area contributed by atoms with E-state index >= 15 is 0 Å². The topological polar surface area (TPSA) is 49.4 Å². The molecule has 0 aromatic heterocycles. The number of carbonyl (C=O) groups excluding carboxylic acids is 2. The molecule has 0 spiro atoms. The van der Waals surface area contributed by atoms with Crippen LogP contribution in [0.3, 0.4) is 0 Å². The number of piperidine rings is 1. The monoisotopic (exact) mass is 434 g/mol. The molecule has 0 radical (unpaired) electrons. The zero-order chi connectivity index (χ0) is 23.0. The number of amides is 2. The van der Waals surface area contributed by atoms with E-state index in [1.807, 2.05) is 13.8 Å². The lowest BCUT2D eigenvalue weighted by molar-refractivity contribution is -0.344. The lowest BCUT2D eigenvalue weighted by atomic mass is 9.85. The number of carbonyl (C=O) groups is 2. The van der Waals surface area contributed by atoms with Crippen LogP contribution in [0.5, 0.6) is 0 Å². The molecule has 168 valence electrons. The molecule has 2 amide bonds. The van der Waals surface area contributed by atoms with Crippen molar-refractivity contribution >= 4 is 11.8 Å². The standard InChI is InChI=1S/C18H25F7N2O2/c1-8-10-9(15(10,5)6)7-27(8)12(28)11(14(2,3)4)26-13(29)16(19,20)17(21,22)18(23,24)25/h8-11H,7H2,1-6H3,(H,26,29)/t8-,9?,10-,11-/m1/s1. The molecule has 1 saturated carbocycles. The van der Waals surface area contributed by atoms with Gasteiger partial charge in [0.15, 0.2) is 0 Å². The Hall–Kier alpha value is -1.55. The van der Waals surface area contributed by atoms with Crippen molar-refractivity contribution < 1.29 is 40.3 Å². The summed E-state index contributed by atoms with van der Waals surface area (Å²) in [7, 11) is 0. The smallest absolute Gasteiger partial charge is 0.338 e. The van der Waals surface area contributed by atoms with E-state index in [-0.39, 0.29) is 23.3 Å². The molecule has 0 aromatic rings. The lowest BCUT2D eigenvalue weighted by Gasteiger charge is -2.38. The van der Waals surface area contributed by atoms with E-state index in [0.717, 1.165) is 0 Å². The van der Waals surface area contributed by atoms with Gasteiger partial charge in [-0.05, 0) is 29.6 Å². The van der Waals surface area contributed by atoms with Crippen molar-refractivity contribution in [2.45, 2.75) is 71.6 Å². The first-order valence-electron chi connectivity index (χ1n) is 9.12. The largest absolute Gasteiger partial charge is 0.460 e. The number of hydrogen-bond acceptors (Lipinski definition) is 2. The first-order chi connectivity index (χ1) is 12.7. The Morgan fingerprint density at radius 3 is 1.86 bits per heavy atom. The summed E-state index contributed by atoms with van der Waals surface area (Å²) in [5.41, 5.74) is -1.21. The third kappa shape index (κ3) is 3.58. The minimum absolute atomic E-state index is 0.00152. The summed E-state index contributed by atoms with van der Waals surface area (Å²) in [6.45, 7) is 10.3. The number of rotatable bonds is 4. The van der Waals surface area contributed by atoms with Crippen molar-refractivity contribution in [3.05, 3.63) is 0 Å². The van der Waals surface area contributed by atoms with Crippen molar-refractivity contribution in [3.63, 3.8) is 0 Å². The maximum Gasteiger partial charge on any atom is 0.460 e. The van der Waals surface area contributed by atoms with Crippen molar-refractivity contribution in [1.29, 1.82) is 0 Å². The second kappa shape index (κ2) is 6.47. The molecule has 1 saturated heterocycles. The molecule has 11 heteroatoms. The van der Waals surface area contributed by atoms with Crippen LogP contribution in [0.1, 0.15) is 41.5 Å². The Labute approximate surface area is 164 Å². The first-order valence-corrected chi connectivity index (χ1v) is 9.12. The van der Waals surface area contributed by atoms with E-state index < -0.39 is 41.3 Å². The molecule has 4 nitrogen and oxygen atoms in total. The zero-order valence-corrected chi connectivity index (χ0v) is 16.9. The van der Waals surface area contributed by atoms with Gasteiger partial charge in [-0.3, -0.25) is 9.59 Å². The highest BCUT2D eigenvalue weighted by Gasteiger charge is 2.76. The second-order valence-corrected chi connectivity index (χ2v) is 9.60. The fourth-order valence-electron chi connectivity index (χ4n) is 4.31. The van der Waals surface area contributed by atoms with E-state index in [2.05, 4.69) is 0 Å². The van der Waals surface area contributed by atoms with E-state index in [1.165, 1.54) is 31.0 Å². The molecule has 0 bridgehead atoms. The third-order valence-corrected chi connectivity index (χ3v) is 6.25. The maximum atomic E-state index is 13.7. The Morgan fingerprint density at radius 1 is 1.03 bits per heavy atom. The molecule has 1 aliphatic carbocycles. The number of nitrogens with one attached hydrogen (secondary N) is 1. The van der Waals surface area contributed by atoms with Gasteiger partial charge in [-0.2, -0.15) is 30.7 Å². The van der Waals surface area contributed by atoms with Gasteiger partial charge in [0.1, 0.15) is 6.04 Å². The quantitative estimate of drug-likeness (QED) is 0.684. The summed E-state index contributed by atoms with van der Waals surface area (Å²) in [5, 5.41) is 1.46. The van der Waals surface area contributed by atoms with Gasteiger partial charge in [-0.1, -0.05) is 34.6 Å². The predicted octanol–water partition coefficient (Wildman–Crippen LogP) is 3.85. The molecular weight excluding hydrogens is 409 g/mol. The average Bonchev–Trinajstić information content (AvgIpc) is 2.85. The van der Waals surface area contributed by atoms with Crippen LogP contribution in [-0.2, 0) is 9.59 Å². The van der Waals surface area contributed by atoms with Crippen molar-refractivity contribution in [2.75, 3.05) is 6.54 Å². The first kappa shape index (κ1) is 23.7. The second-order valence-electron chi connectivity index (χ2n) is 9.60. The fraction of sp³-hybridized carbons (Fsp3) is 0.889. The maximum absolute atomic E-state index is 13.7. The van der Waals surface area contributed by atoms with Crippen LogP contribution in [0.4, 0.5) is 30.7 Å². The zero-order valence-electron chi connectivity index (χ0n) is 16.9. The van der Waals surface area contributed by atoms with Crippen molar-refractivity contribution in [3.8, 4) is 0 Å². The van der Waals surface area contributed by atoms with Crippen molar-refractivity contribution in [1.82, 2.24) is 10.2 Å². The molecule has 4 atom stereocenters. The number of nitrogens with zero attached hydrogens (tertiary/aromatic N) is 1. The van der Waals surface area contributed by atoms with Crippen LogP contribution in [0.2, 0.25) is 0 Å². The predicted molar refractivity (Wildman–Crippen MR) is 89.3 cm³/mol. The Kier molecular flexibility index (Phi) is 5.29. The lowest BCUT2D eigenvalue weighted by Crippen LogP contribution is -2.64.